The lowest BCUT2D eigenvalue weighted by Gasteiger charge is -2.26. The second-order valence-electron chi connectivity index (χ2n) is 4.81. The topological polar surface area (TPSA) is 53.6 Å². The fourth-order valence-electron chi connectivity index (χ4n) is 2.11. The van der Waals surface area contributed by atoms with E-state index < -0.39 is 0 Å². The first kappa shape index (κ1) is 10.6. The average Bonchev–Trinajstić information content (AvgIpc) is 2.66. The molecule has 2 heterocycles. The Morgan fingerprint density at radius 2 is 2.20 bits per heavy atom. The number of piperidine rings is 1. The average molecular weight is 208 g/mol. The van der Waals surface area contributed by atoms with Gasteiger partial charge in [-0.1, -0.05) is 13.8 Å². The van der Waals surface area contributed by atoms with E-state index in [2.05, 4.69) is 41.3 Å². The summed E-state index contributed by atoms with van der Waals surface area (Å²) in [6.45, 7) is 7.56. The van der Waals surface area contributed by atoms with Gasteiger partial charge in [-0.2, -0.15) is 5.10 Å². The molecule has 2 rings (SSSR count). The van der Waals surface area contributed by atoms with Gasteiger partial charge < -0.3 is 5.32 Å². The Morgan fingerprint density at radius 1 is 1.40 bits per heavy atom. The summed E-state index contributed by atoms with van der Waals surface area (Å²) in [6.07, 6.45) is 2.32. The van der Waals surface area contributed by atoms with Gasteiger partial charge in [0.2, 0.25) is 0 Å². The van der Waals surface area contributed by atoms with Crippen LogP contribution in [-0.2, 0) is 0 Å². The molecule has 4 nitrogen and oxygen atoms in total. The zero-order valence-electron chi connectivity index (χ0n) is 9.75. The zero-order chi connectivity index (χ0) is 10.8. The van der Waals surface area contributed by atoms with E-state index in [1.165, 1.54) is 0 Å². The third-order valence-corrected chi connectivity index (χ3v) is 3.05. The monoisotopic (exact) mass is 208 g/mol. The summed E-state index contributed by atoms with van der Waals surface area (Å²) in [6, 6.07) is 0.594. The van der Waals surface area contributed by atoms with Crippen LogP contribution in [0.3, 0.4) is 0 Å². The molecule has 0 aromatic carbocycles. The number of nitrogens with one attached hydrogen (secondary N) is 2. The van der Waals surface area contributed by atoms with Crippen molar-refractivity contribution in [2.45, 2.75) is 51.5 Å². The molecule has 84 valence electrons. The van der Waals surface area contributed by atoms with E-state index in [4.69, 9.17) is 0 Å². The Balaban J connectivity index is 2.08. The van der Waals surface area contributed by atoms with Crippen molar-refractivity contribution in [3.63, 3.8) is 0 Å². The maximum Gasteiger partial charge on any atom is 0.153 e. The van der Waals surface area contributed by atoms with Gasteiger partial charge in [0.25, 0.3) is 0 Å². The molecular formula is C11H20N4. The Morgan fingerprint density at radius 3 is 2.80 bits per heavy atom. The van der Waals surface area contributed by atoms with Crippen LogP contribution in [0.5, 0.6) is 0 Å². The predicted octanol–water partition coefficient (Wildman–Crippen LogP) is 1.78. The van der Waals surface area contributed by atoms with E-state index in [-0.39, 0.29) is 0 Å². The van der Waals surface area contributed by atoms with Gasteiger partial charge in [0.15, 0.2) is 5.82 Å². The van der Waals surface area contributed by atoms with Crippen LogP contribution >= 0.6 is 0 Å². The summed E-state index contributed by atoms with van der Waals surface area (Å²) in [7, 11) is 0. The fraction of sp³-hybridized carbons (Fsp3) is 0.818. The summed E-state index contributed by atoms with van der Waals surface area (Å²) < 4.78 is 0. The van der Waals surface area contributed by atoms with Crippen molar-refractivity contribution in [2.75, 3.05) is 6.54 Å². The van der Waals surface area contributed by atoms with Crippen LogP contribution in [-0.4, -0.2) is 27.8 Å². The molecule has 1 saturated heterocycles. The lowest BCUT2D eigenvalue weighted by Crippen LogP contribution is -2.35. The van der Waals surface area contributed by atoms with E-state index in [9.17, 15) is 0 Å². The lowest BCUT2D eigenvalue weighted by molar-refractivity contribution is 0.371. The van der Waals surface area contributed by atoms with Gasteiger partial charge in [-0.05, 0) is 26.3 Å². The van der Waals surface area contributed by atoms with Gasteiger partial charge in [0.05, 0.1) is 0 Å². The summed E-state index contributed by atoms with van der Waals surface area (Å²) in [4.78, 5) is 4.57. The molecule has 2 N–H and O–H groups in total. The van der Waals surface area contributed by atoms with Crippen LogP contribution in [0.1, 0.15) is 57.1 Å². The van der Waals surface area contributed by atoms with Crippen LogP contribution in [0.25, 0.3) is 0 Å². The molecule has 4 heteroatoms. The molecule has 0 spiro atoms. The molecule has 0 amide bonds. The molecule has 0 saturated carbocycles. The summed E-state index contributed by atoms with van der Waals surface area (Å²) in [5.74, 6) is 2.98. The second kappa shape index (κ2) is 4.31. The smallest absolute Gasteiger partial charge is 0.153 e. The Labute approximate surface area is 90.9 Å². The number of aromatic amines is 1. The maximum absolute atomic E-state index is 4.57. The second-order valence-corrected chi connectivity index (χ2v) is 4.81. The molecule has 1 aromatic heterocycles. The molecule has 2 unspecified atom stereocenters. The molecule has 1 aliphatic heterocycles. The molecule has 1 aromatic rings. The van der Waals surface area contributed by atoms with Crippen molar-refractivity contribution >= 4 is 0 Å². The molecular weight excluding hydrogens is 188 g/mol. The van der Waals surface area contributed by atoms with Crippen molar-refractivity contribution in [1.29, 1.82) is 0 Å². The number of nitrogens with zero attached hydrogens (tertiary/aromatic N) is 2. The van der Waals surface area contributed by atoms with Crippen LogP contribution in [0.15, 0.2) is 0 Å². The van der Waals surface area contributed by atoms with Gasteiger partial charge in [-0.15, -0.1) is 0 Å². The van der Waals surface area contributed by atoms with Crippen LogP contribution in [0.2, 0.25) is 0 Å². The fourth-order valence-corrected chi connectivity index (χ4v) is 2.11. The van der Waals surface area contributed by atoms with Crippen molar-refractivity contribution in [2.24, 2.45) is 0 Å². The van der Waals surface area contributed by atoms with Crippen molar-refractivity contribution in [1.82, 2.24) is 20.5 Å². The Hall–Kier alpha value is -0.900. The zero-order valence-corrected chi connectivity index (χ0v) is 9.75. The maximum atomic E-state index is 4.57. The van der Waals surface area contributed by atoms with Crippen molar-refractivity contribution in [3.8, 4) is 0 Å². The molecule has 1 fully saturated rings. The predicted molar refractivity (Wildman–Crippen MR) is 59.9 cm³/mol. The van der Waals surface area contributed by atoms with Crippen LogP contribution in [0.4, 0.5) is 0 Å². The molecule has 15 heavy (non-hydrogen) atoms. The minimum absolute atomic E-state index is 0.411. The van der Waals surface area contributed by atoms with E-state index >= 15 is 0 Å². The molecule has 0 bridgehead atoms. The van der Waals surface area contributed by atoms with Gasteiger partial charge in [0.1, 0.15) is 5.82 Å². The highest BCUT2D eigenvalue weighted by atomic mass is 15.2. The van der Waals surface area contributed by atoms with E-state index in [0.29, 0.717) is 17.9 Å². The number of H-pyrrole nitrogens is 1. The first-order chi connectivity index (χ1) is 7.16. The van der Waals surface area contributed by atoms with E-state index in [1.807, 2.05) is 0 Å². The SMILES string of the molecule is CC1CC(c2nc(C(C)C)n[nH]2)CCN1. The standard InChI is InChI=1S/C11H20N4/c1-7(2)10-13-11(15-14-10)9-4-5-12-8(3)6-9/h7-9,12H,4-6H2,1-3H3,(H,13,14,15). The Bertz CT molecular complexity index is 318. The van der Waals surface area contributed by atoms with E-state index in [1.54, 1.807) is 0 Å². The van der Waals surface area contributed by atoms with Gasteiger partial charge in [-0.25, -0.2) is 4.98 Å². The van der Waals surface area contributed by atoms with E-state index in [0.717, 1.165) is 31.0 Å². The quantitative estimate of drug-likeness (QED) is 0.779. The highest BCUT2D eigenvalue weighted by Crippen LogP contribution is 2.25. The third kappa shape index (κ3) is 2.37. The lowest BCUT2D eigenvalue weighted by atomic mass is 9.93. The number of aromatic nitrogens is 3. The molecule has 0 aliphatic carbocycles. The number of hydrogen-bond donors (Lipinski definition) is 2. The number of rotatable bonds is 2. The Kier molecular flexibility index (Phi) is 3.05. The molecule has 0 radical (unpaired) electrons. The van der Waals surface area contributed by atoms with Gasteiger partial charge in [0, 0.05) is 17.9 Å². The largest absolute Gasteiger partial charge is 0.314 e. The van der Waals surface area contributed by atoms with Gasteiger partial charge >= 0.3 is 0 Å². The highest BCUT2D eigenvalue weighted by molar-refractivity contribution is 5.02. The van der Waals surface area contributed by atoms with Crippen molar-refractivity contribution in [3.05, 3.63) is 11.6 Å². The molecule has 2 atom stereocenters. The number of hydrogen-bond acceptors (Lipinski definition) is 3. The minimum Gasteiger partial charge on any atom is -0.314 e. The first-order valence-corrected chi connectivity index (χ1v) is 5.82. The minimum atomic E-state index is 0.411. The summed E-state index contributed by atoms with van der Waals surface area (Å²) in [5.41, 5.74) is 0. The first-order valence-electron chi connectivity index (χ1n) is 5.82. The third-order valence-electron chi connectivity index (χ3n) is 3.05. The normalized spacial score (nSPS) is 27.2. The van der Waals surface area contributed by atoms with Crippen molar-refractivity contribution < 1.29 is 0 Å². The highest BCUT2D eigenvalue weighted by Gasteiger charge is 2.23. The van der Waals surface area contributed by atoms with Gasteiger partial charge in [-0.3, -0.25) is 5.10 Å². The molecule has 1 aliphatic rings. The summed E-state index contributed by atoms with van der Waals surface area (Å²) in [5, 5.41) is 10.8. The summed E-state index contributed by atoms with van der Waals surface area (Å²) >= 11 is 0. The van der Waals surface area contributed by atoms with Crippen LogP contribution in [0, 0.1) is 0 Å². The van der Waals surface area contributed by atoms with Crippen LogP contribution < -0.4 is 5.32 Å².